The molecule has 2 atom stereocenters. The number of nitrogens with two attached hydrogens (primary N) is 1. The third kappa shape index (κ3) is 2.58. The number of carbonyl (C=O) groups excluding carboxylic acids is 1. The molecule has 1 amide bonds. The van der Waals surface area contributed by atoms with Crippen molar-refractivity contribution in [2.75, 3.05) is 18.6 Å². The number of hydrogen-bond donors (Lipinski definition) is 1. The van der Waals surface area contributed by atoms with Crippen LogP contribution < -0.4 is 15.4 Å². The monoisotopic (exact) mass is 278 g/mol. The number of ether oxygens (including phenoxy) is 2. The van der Waals surface area contributed by atoms with E-state index in [0.29, 0.717) is 6.61 Å². The Bertz CT molecular complexity index is 490. The molecule has 5 heteroatoms. The highest BCUT2D eigenvalue weighted by molar-refractivity contribution is 5.90. The highest BCUT2D eigenvalue weighted by Gasteiger charge is 2.34. The molecule has 110 valence electrons. The molecular weight excluding hydrogens is 256 g/mol. The summed E-state index contributed by atoms with van der Waals surface area (Å²) < 4.78 is 10.4. The van der Waals surface area contributed by atoms with Crippen LogP contribution in [0.25, 0.3) is 0 Å². The molecule has 5 nitrogen and oxygen atoms in total. The standard InChI is InChI=1S/C15H22N2O3/c1-4-10-8-13(16)12-9-11(19-3)6-7-14(12)17(10)15(18)20-5-2/h6-7,9-10,13H,4-5,8,16H2,1-3H3/t10-,13+/m1/s1. The Labute approximate surface area is 119 Å². The molecule has 0 saturated heterocycles. The van der Waals surface area contributed by atoms with E-state index < -0.39 is 0 Å². The van der Waals surface area contributed by atoms with Gasteiger partial charge in [-0.1, -0.05) is 6.92 Å². The molecule has 1 aromatic carbocycles. The maximum Gasteiger partial charge on any atom is 0.414 e. The summed E-state index contributed by atoms with van der Waals surface area (Å²) in [7, 11) is 1.62. The van der Waals surface area contributed by atoms with E-state index in [9.17, 15) is 4.79 Å². The fourth-order valence-electron chi connectivity index (χ4n) is 2.69. The second-order valence-electron chi connectivity index (χ2n) is 4.90. The van der Waals surface area contributed by atoms with Gasteiger partial charge in [-0.15, -0.1) is 0 Å². The summed E-state index contributed by atoms with van der Waals surface area (Å²) in [6.45, 7) is 4.23. The van der Waals surface area contributed by atoms with E-state index in [1.807, 2.05) is 25.1 Å². The van der Waals surface area contributed by atoms with Gasteiger partial charge in [0.15, 0.2) is 0 Å². The molecule has 0 aliphatic carbocycles. The molecule has 0 bridgehead atoms. The van der Waals surface area contributed by atoms with Gasteiger partial charge in [-0.05, 0) is 43.5 Å². The number of methoxy groups -OCH3 is 1. The van der Waals surface area contributed by atoms with Gasteiger partial charge in [-0.25, -0.2) is 4.79 Å². The molecule has 0 fully saturated rings. The molecule has 0 radical (unpaired) electrons. The van der Waals surface area contributed by atoms with Crippen molar-refractivity contribution < 1.29 is 14.3 Å². The number of amides is 1. The SMILES string of the molecule is CCOC(=O)N1c2ccc(OC)cc2[C@@H](N)C[C@H]1CC. The third-order valence-corrected chi connectivity index (χ3v) is 3.72. The number of rotatable bonds is 3. The fraction of sp³-hybridized carbons (Fsp3) is 0.533. The minimum atomic E-state index is -0.308. The van der Waals surface area contributed by atoms with Crippen molar-refractivity contribution in [1.82, 2.24) is 0 Å². The van der Waals surface area contributed by atoms with E-state index in [2.05, 4.69) is 6.92 Å². The summed E-state index contributed by atoms with van der Waals surface area (Å²) in [6, 6.07) is 5.61. The molecule has 1 heterocycles. The topological polar surface area (TPSA) is 64.8 Å². The molecule has 2 N–H and O–H groups in total. The summed E-state index contributed by atoms with van der Waals surface area (Å²) >= 11 is 0. The second-order valence-corrected chi connectivity index (χ2v) is 4.90. The van der Waals surface area contributed by atoms with Gasteiger partial charge < -0.3 is 15.2 Å². The zero-order valence-electron chi connectivity index (χ0n) is 12.3. The molecule has 0 unspecified atom stereocenters. The van der Waals surface area contributed by atoms with Crippen LogP contribution in [-0.4, -0.2) is 25.9 Å². The van der Waals surface area contributed by atoms with Gasteiger partial charge >= 0.3 is 6.09 Å². The lowest BCUT2D eigenvalue weighted by Gasteiger charge is -2.38. The van der Waals surface area contributed by atoms with E-state index >= 15 is 0 Å². The Morgan fingerprint density at radius 2 is 2.20 bits per heavy atom. The average Bonchev–Trinajstić information content (AvgIpc) is 2.46. The Balaban J connectivity index is 2.44. The summed E-state index contributed by atoms with van der Waals surface area (Å²) in [5, 5.41) is 0. The number of nitrogens with zero attached hydrogens (tertiary/aromatic N) is 1. The first kappa shape index (κ1) is 14.7. The lowest BCUT2D eigenvalue weighted by Crippen LogP contribution is -2.46. The van der Waals surface area contributed by atoms with E-state index in [1.54, 1.807) is 12.0 Å². The van der Waals surface area contributed by atoms with Crippen LogP contribution in [0.3, 0.4) is 0 Å². The van der Waals surface area contributed by atoms with Gasteiger partial charge in [0.05, 0.1) is 19.4 Å². The first-order chi connectivity index (χ1) is 9.62. The van der Waals surface area contributed by atoms with Gasteiger partial charge in [-0.2, -0.15) is 0 Å². The first-order valence-electron chi connectivity index (χ1n) is 7.01. The van der Waals surface area contributed by atoms with Crippen molar-refractivity contribution in [2.24, 2.45) is 5.73 Å². The molecule has 0 aromatic heterocycles. The van der Waals surface area contributed by atoms with E-state index in [1.165, 1.54) is 0 Å². The quantitative estimate of drug-likeness (QED) is 0.923. The minimum absolute atomic E-state index is 0.0740. The maximum absolute atomic E-state index is 12.2. The molecule has 1 aromatic rings. The third-order valence-electron chi connectivity index (χ3n) is 3.72. The summed E-state index contributed by atoms with van der Waals surface area (Å²) in [6.07, 6.45) is 1.27. The normalized spacial score (nSPS) is 21.3. The van der Waals surface area contributed by atoms with Crippen LogP contribution in [-0.2, 0) is 4.74 Å². The maximum atomic E-state index is 12.2. The predicted molar refractivity (Wildman–Crippen MR) is 78.1 cm³/mol. The van der Waals surface area contributed by atoms with Crippen LogP contribution >= 0.6 is 0 Å². The highest BCUT2D eigenvalue weighted by atomic mass is 16.6. The van der Waals surface area contributed by atoms with Crippen molar-refractivity contribution in [2.45, 2.75) is 38.8 Å². The zero-order valence-corrected chi connectivity index (χ0v) is 12.3. The summed E-state index contributed by atoms with van der Waals surface area (Å²) in [5.74, 6) is 0.748. The second kappa shape index (κ2) is 6.13. The van der Waals surface area contributed by atoms with Gasteiger partial charge in [0.25, 0.3) is 0 Å². The zero-order chi connectivity index (χ0) is 14.7. The Morgan fingerprint density at radius 1 is 1.45 bits per heavy atom. The van der Waals surface area contributed by atoms with E-state index in [4.69, 9.17) is 15.2 Å². The molecule has 2 rings (SSSR count). The Hall–Kier alpha value is -1.75. The molecule has 0 saturated carbocycles. The summed E-state index contributed by atoms with van der Waals surface area (Å²) in [5.41, 5.74) is 8.00. The first-order valence-corrected chi connectivity index (χ1v) is 7.01. The van der Waals surface area contributed by atoms with Gasteiger partial charge in [0.1, 0.15) is 5.75 Å². The van der Waals surface area contributed by atoms with Crippen LogP contribution in [0.5, 0.6) is 5.75 Å². The van der Waals surface area contributed by atoms with Crippen LogP contribution in [0.15, 0.2) is 18.2 Å². The van der Waals surface area contributed by atoms with Crippen LogP contribution in [0.1, 0.15) is 38.3 Å². The van der Waals surface area contributed by atoms with Gasteiger partial charge in [0.2, 0.25) is 0 Å². The number of benzene rings is 1. The smallest absolute Gasteiger partial charge is 0.414 e. The molecular formula is C15H22N2O3. The molecule has 1 aliphatic heterocycles. The van der Waals surface area contributed by atoms with Crippen molar-refractivity contribution in [3.8, 4) is 5.75 Å². The number of fused-ring (bicyclic) bond motifs is 1. The number of hydrogen-bond acceptors (Lipinski definition) is 4. The van der Waals surface area contributed by atoms with Crippen LogP contribution in [0.4, 0.5) is 10.5 Å². The minimum Gasteiger partial charge on any atom is -0.497 e. The average molecular weight is 278 g/mol. The Kier molecular flexibility index (Phi) is 4.49. The van der Waals surface area contributed by atoms with Crippen molar-refractivity contribution >= 4 is 11.8 Å². The van der Waals surface area contributed by atoms with Crippen LogP contribution in [0.2, 0.25) is 0 Å². The number of anilines is 1. The van der Waals surface area contributed by atoms with Gasteiger partial charge in [0, 0.05) is 12.1 Å². The largest absolute Gasteiger partial charge is 0.497 e. The van der Waals surface area contributed by atoms with E-state index in [-0.39, 0.29) is 18.2 Å². The molecule has 1 aliphatic rings. The van der Waals surface area contributed by atoms with Crippen molar-refractivity contribution in [3.05, 3.63) is 23.8 Å². The Morgan fingerprint density at radius 3 is 2.80 bits per heavy atom. The highest BCUT2D eigenvalue weighted by Crippen LogP contribution is 2.39. The summed E-state index contributed by atoms with van der Waals surface area (Å²) in [4.78, 5) is 13.9. The fourth-order valence-corrected chi connectivity index (χ4v) is 2.69. The van der Waals surface area contributed by atoms with E-state index in [0.717, 1.165) is 29.8 Å². The van der Waals surface area contributed by atoms with Gasteiger partial charge in [-0.3, -0.25) is 4.90 Å². The lowest BCUT2D eigenvalue weighted by atomic mass is 9.90. The predicted octanol–water partition coefficient (Wildman–Crippen LogP) is 2.84. The van der Waals surface area contributed by atoms with Crippen LogP contribution in [0, 0.1) is 0 Å². The molecule has 20 heavy (non-hydrogen) atoms. The van der Waals surface area contributed by atoms with Crippen molar-refractivity contribution in [1.29, 1.82) is 0 Å². The van der Waals surface area contributed by atoms with Crippen molar-refractivity contribution in [3.63, 3.8) is 0 Å². The lowest BCUT2D eigenvalue weighted by molar-refractivity contribution is 0.155. The number of carbonyl (C=O) groups is 1. The molecule has 0 spiro atoms.